The minimum Gasteiger partial charge on any atom is -0.343 e. The summed E-state index contributed by atoms with van der Waals surface area (Å²) in [7, 11) is 0. The van der Waals surface area contributed by atoms with Crippen LogP contribution < -0.4 is 0 Å². The van der Waals surface area contributed by atoms with Crippen LogP contribution in [0.1, 0.15) is 54.2 Å². The highest BCUT2D eigenvalue weighted by molar-refractivity contribution is 5.94. The number of rotatable bonds is 6. The van der Waals surface area contributed by atoms with E-state index in [4.69, 9.17) is 4.52 Å². The smallest absolute Gasteiger partial charge is 0.253 e. The molecule has 3 heterocycles. The van der Waals surface area contributed by atoms with Gasteiger partial charge in [0, 0.05) is 57.7 Å². The van der Waals surface area contributed by atoms with E-state index >= 15 is 0 Å². The van der Waals surface area contributed by atoms with Gasteiger partial charge in [-0.3, -0.25) is 14.5 Å². The van der Waals surface area contributed by atoms with E-state index in [9.17, 15) is 14.0 Å². The molecular formula is C23H31ClFN5O3. The predicted molar refractivity (Wildman–Crippen MR) is 122 cm³/mol. The molecule has 2 fully saturated rings. The molecule has 0 aliphatic carbocycles. The van der Waals surface area contributed by atoms with Gasteiger partial charge in [-0.2, -0.15) is 4.98 Å². The lowest BCUT2D eigenvalue weighted by Gasteiger charge is -2.34. The van der Waals surface area contributed by atoms with Gasteiger partial charge in [0.1, 0.15) is 5.82 Å². The molecule has 2 amide bonds. The summed E-state index contributed by atoms with van der Waals surface area (Å²) in [4.78, 5) is 35.3. The Morgan fingerprint density at radius 3 is 2.24 bits per heavy atom. The number of likely N-dealkylation sites (tertiary alicyclic amines) is 1. The second-order valence-electron chi connectivity index (χ2n) is 8.47. The van der Waals surface area contributed by atoms with E-state index in [-0.39, 0.29) is 30.0 Å². The molecule has 4 rings (SSSR count). The van der Waals surface area contributed by atoms with E-state index in [1.165, 1.54) is 37.1 Å². The van der Waals surface area contributed by atoms with Gasteiger partial charge >= 0.3 is 0 Å². The molecule has 2 aliphatic heterocycles. The van der Waals surface area contributed by atoms with E-state index in [1.54, 1.807) is 4.90 Å². The minimum absolute atomic E-state index is 0. The number of aryl methyl sites for hydroxylation is 1. The Labute approximate surface area is 199 Å². The van der Waals surface area contributed by atoms with Gasteiger partial charge in [0.05, 0.1) is 6.54 Å². The maximum atomic E-state index is 13.1. The molecule has 8 nitrogen and oxygen atoms in total. The number of carbonyl (C=O) groups excluding carboxylic acids is 2. The second-order valence-corrected chi connectivity index (χ2v) is 8.47. The largest absolute Gasteiger partial charge is 0.343 e. The lowest BCUT2D eigenvalue weighted by atomic mass is 10.2. The van der Waals surface area contributed by atoms with Crippen molar-refractivity contribution >= 4 is 24.2 Å². The first-order valence-electron chi connectivity index (χ1n) is 11.4. The Morgan fingerprint density at radius 1 is 0.909 bits per heavy atom. The van der Waals surface area contributed by atoms with E-state index in [2.05, 4.69) is 15.0 Å². The van der Waals surface area contributed by atoms with Crippen molar-refractivity contribution < 1.29 is 18.5 Å². The number of hydrogen-bond donors (Lipinski definition) is 0. The number of piperazine rings is 1. The summed E-state index contributed by atoms with van der Waals surface area (Å²) in [6.07, 6.45) is 5.42. The van der Waals surface area contributed by atoms with Crippen LogP contribution in [0.4, 0.5) is 4.39 Å². The highest BCUT2D eigenvalue weighted by atomic mass is 35.5. The third kappa shape index (κ3) is 6.98. The molecule has 0 bridgehead atoms. The average molecular weight is 480 g/mol. The van der Waals surface area contributed by atoms with Crippen LogP contribution in [-0.4, -0.2) is 75.9 Å². The number of nitrogens with zero attached hydrogens (tertiary/aromatic N) is 5. The zero-order valence-corrected chi connectivity index (χ0v) is 19.6. The fourth-order valence-corrected chi connectivity index (χ4v) is 4.23. The molecule has 0 unspecified atom stereocenters. The Bertz CT molecular complexity index is 907. The first-order chi connectivity index (χ1) is 15.6. The van der Waals surface area contributed by atoms with Gasteiger partial charge in [0.2, 0.25) is 11.8 Å². The van der Waals surface area contributed by atoms with Crippen LogP contribution >= 0.6 is 12.4 Å². The van der Waals surface area contributed by atoms with Crippen LogP contribution in [0.5, 0.6) is 0 Å². The maximum Gasteiger partial charge on any atom is 0.253 e. The normalized spacial score (nSPS) is 17.4. The van der Waals surface area contributed by atoms with Crippen LogP contribution in [0.25, 0.3) is 0 Å². The molecule has 33 heavy (non-hydrogen) atoms. The van der Waals surface area contributed by atoms with Crippen molar-refractivity contribution in [2.24, 2.45) is 0 Å². The third-order valence-corrected chi connectivity index (χ3v) is 6.14. The van der Waals surface area contributed by atoms with Crippen LogP contribution in [0.2, 0.25) is 0 Å². The molecule has 0 radical (unpaired) electrons. The summed E-state index contributed by atoms with van der Waals surface area (Å²) < 4.78 is 18.4. The SMILES string of the molecule is Cl.O=C(CCc1nc(CN2CCN(C(=O)c3ccc(F)cc3)CC2)no1)N1CCCCCC1. The molecule has 2 aliphatic rings. The zero-order chi connectivity index (χ0) is 22.3. The van der Waals surface area contributed by atoms with Crippen molar-refractivity contribution in [2.75, 3.05) is 39.3 Å². The fourth-order valence-electron chi connectivity index (χ4n) is 4.23. The first-order valence-corrected chi connectivity index (χ1v) is 11.4. The van der Waals surface area contributed by atoms with Crippen molar-refractivity contribution in [1.29, 1.82) is 0 Å². The summed E-state index contributed by atoms with van der Waals surface area (Å²) in [5, 5.41) is 4.06. The molecular weight excluding hydrogens is 449 g/mol. The summed E-state index contributed by atoms with van der Waals surface area (Å²) in [5.74, 6) is 0.820. The van der Waals surface area contributed by atoms with Crippen LogP contribution in [-0.2, 0) is 17.8 Å². The van der Waals surface area contributed by atoms with Gasteiger partial charge in [-0.25, -0.2) is 4.39 Å². The number of hydrogen-bond acceptors (Lipinski definition) is 6. The number of halogens is 2. The van der Waals surface area contributed by atoms with E-state index in [1.807, 2.05) is 4.90 Å². The van der Waals surface area contributed by atoms with Gasteiger partial charge in [-0.15, -0.1) is 12.4 Å². The number of benzene rings is 1. The molecule has 2 saturated heterocycles. The van der Waals surface area contributed by atoms with Crippen LogP contribution in [0.3, 0.4) is 0 Å². The molecule has 0 N–H and O–H groups in total. The highest BCUT2D eigenvalue weighted by Gasteiger charge is 2.23. The topological polar surface area (TPSA) is 82.8 Å². The first kappa shape index (κ1) is 25.1. The second kappa shape index (κ2) is 12.1. The number of amides is 2. The highest BCUT2D eigenvalue weighted by Crippen LogP contribution is 2.14. The van der Waals surface area contributed by atoms with Gasteiger partial charge in [0.15, 0.2) is 5.82 Å². The molecule has 0 saturated carbocycles. The molecule has 0 atom stereocenters. The molecule has 10 heteroatoms. The van der Waals surface area contributed by atoms with Crippen molar-refractivity contribution in [3.05, 3.63) is 47.4 Å². The number of aromatic nitrogens is 2. The van der Waals surface area contributed by atoms with Gasteiger partial charge < -0.3 is 14.3 Å². The van der Waals surface area contributed by atoms with Crippen LogP contribution in [0.15, 0.2) is 28.8 Å². The van der Waals surface area contributed by atoms with Crippen molar-refractivity contribution in [2.45, 2.75) is 45.1 Å². The maximum absolute atomic E-state index is 13.1. The lowest BCUT2D eigenvalue weighted by Crippen LogP contribution is -2.48. The minimum atomic E-state index is -0.350. The summed E-state index contributed by atoms with van der Waals surface area (Å²) >= 11 is 0. The summed E-state index contributed by atoms with van der Waals surface area (Å²) in [6.45, 7) is 4.82. The quantitative estimate of drug-likeness (QED) is 0.633. The summed E-state index contributed by atoms with van der Waals surface area (Å²) in [6, 6.07) is 5.64. The Kier molecular flexibility index (Phi) is 9.20. The van der Waals surface area contributed by atoms with Crippen LogP contribution in [0, 0.1) is 5.82 Å². The van der Waals surface area contributed by atoms with Gasteiger partial charge in [-0.05, 0) is 37.1 Å². The molecule has 1 aromatic heterocycles. The zero-order valence-electron chi connectivity index (χ0n) is 18.7. The molecule has 2 aromatic rings. The summed E-state index contributed by atoms with van der Waals surface area (Å²) in [5.41, 5.74) is 0.498. The van der Waals surface area contributed by atoms with E-state index in [0.29, 0.717) is 62.8 Å². The Balaban J connectivity index is 0.00000306. The molecule has 180 valence electrons. The van der Waals surface area contributed by atoms with E-state index in [0.717, 1.165) is 25.9 Å². The van der Waals surface area contributed by atoms with Gasteiger partial charge in [0.25, 0.3) is 5.91 Å². The molecule has 1 aromatic carbocycles. The van der Waals surface area contributed by atoms with Crippen molar-refractivity contribution in [3.63, 3.8) is 0 Å². The van der Waals surface area contributed by atoms with Gasteiger partial charge in [-0.1, -0.05) is 18.0 Å². The third-order valence-electron chi connectivity index (χ3n) is 6.14. The van der Waals surface area contributed by atoms with E-state index < -0.39 is 0 Å². The Morgan fingerprint density at radius 2 is 1.58 bits per heavy atom. The Hall–Kier alpha value is -2.52. The van der Waals surface area contributed by atoms with Crippen molar-refractivity contribution in [1.82, 2.24) is 24.8 Å². The monoisotopic (exact) mass is 479 g/mol. The number of carbonyl (C=O) groups is 2. The molecule has 0 spiro atoms. The average Bonchev–Trinajstić information content (AvgIpc) is 3.07. The lowest BCUT2D eigenvalue weighted by molar-refractivity contribution is -0.131. The standard InChI is InChI=1S/C23H30FN5O3.ClH/c24-19-7-5-18(6-8-19)23(31)29-15-13-27(14-16-29)17-20-25-21(32-26-20)9-10-22(30)28-11-3-1-2-4-12-28;/h5-8H,1-4,9-17H2;1H. The fraction of sp³-hybridized carbons (Fsp3) is 0.565. The van der Waals surface area contributed by atoms with Crippen molar-refractivity contribution in [3.8, 4) is 0 Å². The predicted octanol–water partition coefficient (Wildman–Crippen LogP) is 2.92.